The molecular formula is C11H14F3NO2. The van der Waals surface area contributed by atoms with Crippen LogP contribution in [0.4, 0.5) is 13.2 Å². The lowest BCUT2D eigenvalue weighted by Gasteiger charge is -2.26. The Morgan fingerprint density at radius 2 is 1.65 bits per heavy atom. The Labute approximate surface area is 97.1 Å². The van der Waals surface area contributed by atoms with E-state index in [1.54, 1.807) is 6.92 Å². The van der Waals surface area contributed by atoms with Gasteiger partial charge in [-0.2, -0.15) is 13.2 Å². The van der Waals surface area contributed by atoms with Crippen molar-refractivity contribution >= 4 is 0 Å². The van der Waals surface area contributed by atoms with Crippen molar-refractivity contribution in [3.63, 3.8) is 0 Å². The van der Waals surface area contributed by atoms with Gasteiger partial charge in [0.2, 0.25) is 0 Å². The first-order valence-electron chi connectivity index (χ1n) is 4.99. The second kappa shape index (κ2) is 4.83. The molecule has 96 valence electrons. The molecule has 0 amide bonds. The number of halogens is 3. The monoisotopic (exact) mass is 249 g/mol. The summed E-state index contributed by atoms with van der Waals surface area (Å²) in [4.78, 5) is 1.09. The summed E-state index contributed by atoms with van der Waals surface area (Å²) in [6.07, 6.45) is -4.28. The average Bonchev–Trinajstić information content (AvgIpc) is 2.12. The van der Waals surface area contributed by atoms with E-state index >= 15 is 0 Å². The second-order valence-electron chi connectivity index (χ2n) is 3.99. The van der Waals surface area contributed by atoms with E-state index in [4.69, 9.17) is 0 Å². The maximum atomic E-state index is 12.2. The van der Waals surface area contributed by atoms with E-state index in [9.17, 15) is 23.4 Å². The predicted octanol–water partition coefficient (Wildman–Crippen LogP) is 2.65. The van der Waals surface area contributed by atoms with Crippen LogP contribution in [0.5, 0.6) is 11.5 Å². The molecule has 0 aliphatic heterocycles. The van der Waals surface area contributed by atoms with Crippen LogP contribution in [-0.4, -0.2) is 34.9 Å². The maximum absolute atomic E-state index is 12.2. The zero-order valence-electron chi connectivity index (χ0n) is 9.49. The van der Waals surface area contributed by atoms with Gasteiger partial charge < -0.3 is 10.2 Å². The fraction of sp³-hybridized carbons (Fsp3) is 0.455. The first kappa shape index (κ1) is 13.6. The smallest absolute Gasteiger partial charge is 0.401 e. The summed E-state index contributed by atoms with van der Waals surface area (Å²) in [7, 11) is 1.33. The topological polar surface area (TPSA) is 43.7 Å². The molecule has 3 nitrogen and oxygen atoms in total. The molecule has 0 bridgehead atoms. The van der Waals surface area contributed by atoms with Gasteiger partial charge in [-0.25, -0.2) is 0 Å². The number of nitrogens with zero attached hydrogens (tertiary/aromatic N) is 1. The van der Waals surface area contributed by atoms with Crippen LogP contribution in [0.2, 0.25) is 0 Å². The fourth-order valence-corrected chi connectivity index (χ4v) is 1.53. The summed E-state index contributed by atoms with van der Waals surface area (Å²) in [5.74, 6) is -0.348. The number of phenolic OH excluding ortho intramolecular Hbond substituents is 2. The van der Waals surface area contributed by atoms with Crippen molar-refractivity contribution in [2.75, 3.05) is 13.6 Å². The lowest BCUT2D eigenvalue weighted by Crippen LogP contribution is -2.33. The highest BCUT2D eigenvalue weighted by Crippen LogP contribution is 2.29. The number of hydrogen-bond acceptors (Lipinski definition) is 3. The molecule has 6 heteroatoms. The van der Waals surface area contributed by atoms with Gasteiger partial charge in [-0.3, -0.25) is 4.90 Å². The maximum Gasteiger partial charge on any atom is 0.401 e. The summed E-state index contributed by atoms with van der Waals surface area (Å²) >= 11 is 0. The largest absolute Gasteiger partial charge is 0.508 e. The third-order valence-electron chi connectivity index (χ3n) is 2.50. The Hall–Kier alpha value is -1.43. The normalized spacial score (nSPS) is 14.0. The molecule has 1 unspecified atom stereocenters. The van der Waals surface area contributed by atoms with Crippen LogP contribution < -0.4 is 0 Å². The van der Waals surface area contributed by atoms with Crippen molar-refractivity contribution in [3.8, 4) is 11.5 Å². The van der Waals surface area contributed by atoms with Gasteiger partial charge in [-0.05, 0) is 31.7 Å². The summed E-state index contributed by atoms with van der Waals surface area (Å²) < 4.78 is 36.6. The molecule has 17 heavy (non-hydrogen) atoms. The number of aromatic hydroxyl groups is 2. The second-order valence-corrected chi connectivity index (χ2v) is 3.99. The van der Waals surface area contributed by atoms with E-state index in [-0.39, 0.29) is 11.5 Å². The Balaban J connectivity index is 2.84. The molecule has 0 fully saturated rings. The van der Waals surface area contributed by atoms with Crippen molar-refractivity contribution in [2.45, 2.75) is 19.1 Å². The molecule has 0 heterocycles. The number of phenols is 2. The molecule has 1 aromatic carbocycles. The van der Waals surface area contributed by atoms with Gasteiger partial charge in [-0.15, -0.1) is 0 Å². The first-order chi connectivity index (χ1) is 7.69. The minimum Gasteiger partial charge on any atom is -0.508 e. The lowest BCUT2D eigenvalue weighted by atomic mass is 10.1. The van der Waals surface area contributed by atoms with Crippen molar-refractivity contribution in [3.05, 3.63) is 23.8 Å². The third kappa shape index (κ3) is 4.14. The number of hydrogen-bond donors (Lipinski definition) is 2. The zero-order valence-corrected chi connectivity index (χ0v) is 9.49. The number of alkyl halides is 3. The summed E-state index contributed by atoms with van der Waals surface area (Å²) in [6, 6.07) is 3.23. The van der Waals surface area contributed by atoms with Gasteiger partial charge in [0.1, 0.15) is 11.5 Å². The molecule has 0 spiro atoms. The summed E-state index contributed by atoms with van der Waals surface area (Å²) in [6.45, 7) is 0.518. The first-order valence-corrected chi connectivity index (χ1v) is 4.99. The van der Waals surface area contributed by atoms with Gasteiger partial charge >= 0.3 is 6.18 Å². The van der Waals surface area contributed by atoms with E-state index in [1.807, 2.05) is 0 Å². The average molecular weight is 249 g/mol. The standard InChI is InChI=1S/C11H14F3NO2/c1-7(15(2)6-11(12,13)14)8-3-9(16)5-10(17)4-8/h3-5,7,16-17H,6H2,1-2H3. The van der Waals surface area contributed by atoms with E-state index in [1.165, 1.54) is 19.2 Å². The fourth-order valence-electron chi connectivity index (χ4n) is 1.53. The van der Waals surface area contributed by atoms with Crippen molar-refractivity contribution in [1.29, 1.82) is 0 Å². The molecular weight excluding hydrogens is 235 g/mol. The SMILES string of the molecule is CC(c1cc(O)cc(O)c1)N(C)CC(F)(F)F. The molecule has 0 aliphatic carbocycles. The van der Waals surface area contributed by atoms with Crippen molar-refractivity contribution < 1.29 is 23.4 Å². The number of benzene rings is 1. The van der Waals surface area contributed by atoms with Gasteiger partial charge in [0, 0.05) is 12.1 Å². The van der Waals surface area contributed by atoms with Gasteiger partial charge in [0.15, 0.2) is 0 Å². The van der Waals surface area contributed by atoms with Crippen LogP contribution in [0.1, 0.15) is 18.5 Å². The molecule has 0 saturated carbocycles. The quantitative estimate of drug-likeness (QED) is 0.865. The molecule has 1 rings (SSSR count). The van der Waals surface area contributed by atoms with E-state index in [0.717, 1.165) is 11.0 Å². The Kier molecular flexibility index (Phi) is 3.87. The number of rotatable bonds is 3. The lowest BCUT2D eigenvalue weighted by molar-refractivity contribution is -0.147. The molecule has 1 atom stereocenters. The highest BCUT2D eigenvalue weighted by molar-refractivity contribution is 5.37. The summed E-state index contributed by atoms with van der Waals surface area (Å²) in [5, 5.41) is 18.5. The van der Waals surface area contributed by atoms with Crippen molar-refractivity contribution in [1.82, 2.24) is 4.90 Å². The Morgan fingerprint density at radius 3 is 2.06 bits per heavy atom. The van der Waals surface area contributed by atoms with Crippen LogP contribution in [-0.2, 0) is 0 Å². The Bertz CT molecular complexity index is 373. The highest BCUT2D eigenvalue weighted by Gasteiger charge is 2.31. The van der Waals surface area contributed by atoms with Crippen LogP contribution in [0, 0.1) is 0 Å². The minimum atomic E-state index is -4.28. The van der Waals surface area contributed by atoms with Crippen LogP contribution in [0.15, 0.2) is 18.2 Å². The van der Waals surface area contributed by atoms with Gasteiger partial charge in [0.05, 0.1) is 6.54 Å². The summed E-state index contributed by atoms with van der Waals surface area (Å²) in [5.41, 5.74) is 0.425. The van der Waals surface area contributed by atoms with E-state index in [0.29, 0.717) is 5.56 Å². The molecule has 1 aromatic rings. The molecule has 0 aromatic heterocycles. The van der Waals surface area contributed by atoms with Gasteiger partial charge in [-0.1, -0.05) is 0 Å². The molecule has 0 saturated heterocycles. The van der Waals surface area contributed by atoms with Crippen LogP contribution in [0.25, 0.3) is 0 Å². The molecule has 0 radical (unpaired) electrons. The van der Waals surface area contributed by atoms with Crippen LogP contribution in [0.3, 0.4) is 0 Å². The van der Waals surface area contributed by atoms with E-state index in [2.05, 4.69) is 0 Å². The molecule has 0 aliphatic rings. The van der Waals surface area contributed by atoms with Crippen LogP contribution >= 0.6 is 0 Å². The van der Waals surface area contributed by atoms with Gasteiger partial charge in [0.25, 0.3) is 0 Å². The predicted molar refractivity (Wildman–Crippen MR) is 56.9 cm³/mol. The zero-order chi connectivity index (χ0) is 13.2. The Morgan fingerprint density at radius 1 is 1.18 bits per heavy atom. The third-order valence-corrected chi connectivity index (χ3v) is 2.50. The molecule has 2 N–H and O–H groups in total. The highest BCUT2D eigenvalue weighted by atomic mass is 19.4. The minimum absolute atomic E-state index is 0.174. The van der Waals surface area contributed by atoms with E-state index < -0.39 is 18.8 Å². The van der Waals surface area contributed by atoms with Crippen molar-refractivity contribution in [2.24, 2.45) is 0 Å².